The topological polar surface area (TPSA) is 43.1 Å². The van der Waals surface area contributed by atoms with Gasteiger partial charge in [0.15, 0.2) is 0 Å². The van der Waals surface area contributed by atoms with E-state index in [9.17, 15) is 4.21 Å². The molecule has 2 N–H and O–H groups in total. The quantitative estimate of drug-likeness (QED) is 0.579. The monoisotopic (exact) mass is 147 g/mol. The first-order valence-corrected chi connectivity index (χ1v) is 4.59. The van der Waals surface area contributed by atoms with E-state index in [1.165, 1.54) is 0 Å². The molecule has 54 valence electrons. The first kappa shape index (κ1) is 8.72. The molecular weight excluding hydrogens is 134 g/mol. The second-order valence-electron chi connectivity index (χ2n) is 1.95. The molecule has 0 fully saturated rings. The molecule has 0 bridgehead atoms. The van der Waals surface area contributed by atoms with Gasteiger partial charge < -0.3 is 0 Å². The highest BCUT2D eigenvalue weighted by Crippen LogP contribution is 1.99. The van der Waals surface area contributed by atoms with Crippen LogP contribution in [0, 0.1) is 0 Å². The van der Waals surface area contributed by atoms with Crippen LogP contribution < -0.4 is 5.14 Å². The predicted molar refractivity (Wildman–Crippen MR) is 43.5 cm³/mol. The van der Waals surface area contributed by atoms with Crippen LogP contribution in [0.4, 0.5) is 0 Å². The van der Waals surface area contributed by atoms with Crippen LogP contribution in [0.5, 0.6) is 0 Å². The van der Waals surface area contributed by atoms with E-state index < -0.39 is 9.71 Å². The van der Waals surface area contributed by atoms with E-state index in [1.807, 2.05) is 13.0 Å². The summed E-state index contributed by atoms with van der Waals surface area (Å²) < 4.78 is 10.9. The van der Waals surface area contributed by atoms with Gasteiger partial charge in [-0.3, -0.25) is 5.14 Å². The second kappa shape index (κ2) is 3.03. The third-order valence-electron chi connectivity index (χ3n) is 1.04. The number of hydrogen-bond donors (Lipinski definition) is 1. The maximum atomic E-state index is 10.9. The largest absolute Gasteiger partial charge is 0.256 e. The SMILES string of the molecule is C=S(N)(=O)/C(C)=C/CC. The Morgan fingerprint density at radius 2 is 2.33 bits per heavy atom. The summed E-state index contributed by atoms with van der Waals surface area (Å²) in [6.45, 7) is 3.70. The Morgan fingerprint density at radius 3 is 2.44 bits per heavy atom. The minimum atomic E-state index is -2.40. The summed E-state index contributed by atoms with van der Waals surface area (Å²) in [5.41, 5.74) is 0. The smallest absolute Gasteiger partial charge is 0.0463 e. The third-order valence-corrected chi connectivity index (χ3v) is 2.29. The Morgan fingerprint density at radius 1 is 1.89 bits per heavy atom. The van der Waals surface area contributed by atoms with Crippen molar-refractivity contribution in [3.05, 3.63) is 11.0 Å². The maximum absolute atomic E-state index is 10.9. The van der Waals surface area contributed by atoms with Crippen LogP contribution in [0.1, 0.15) is 20.3 Å². The normalized spacial score (nSPS) is 19.2. The van der Waals surface area contributed by atoms with E-state index in [2.05, 4.69) is 5.87 Å². The summed E-state index contributed by atoms with van der Waals surface area (Å²) in [7, 11) is -2.40. The zero-order valence-electron chi connectivity index (χ0n) is 5.89. The van der Waals surface area contributed by atoms with Gasteiger partial charge >= 0.3 is 0 Å². The van der Waals surface area contributed by atoms with Gasteiger partial charge in [0.2, 0.25) is 0 Å². The minimum absolute atomic E-state index is 0.685. The molecule has 0 aromatic carbocycles. The molecule has 0 radical (unpaired) electrons. The number of hydrogen-bond acceptors (Lipinski definition) is 1. The number of allylic oxidation sites excluding steroid dienone is 2. The molecule has 0 aliphatic rings. The Labute approximate surface area is 56.9 Å². The van der Waals surface area contributed by atoms with Crippen LogP contribution in [0.2, 0.25) is 0 Å². The van der Waals surface area contributed by atoms with Crippen molar-refractivity contribution in [2.45, 2.75) is 20.3 Å². The zero-order chi connectivity index (χ0) is 7.49. The van der Waals surface area contributed by atoms with Crippen molar-refractivity contribution in [3.63, 3.8) is 0 Å². The molecule has 1 atom stereocenters. The lowest BCUT2D eigenvalue weighted by molar-refractivity contribution is 0.686. The molecule has 0 aromatic heterocycles. The Hall–Kier alpha value is -0.280. The molecule has 0 heterocycles. The molecule has 0 aromatic rings. The van der Waals surface area contributed by atoms with Crippen molar-refractivity contribution >= 4 is 15.6 Å². The average molecular weight is 147 g/mol. The maximum Gasteiger partial charge on any atom is 0.0463 e. The van der Waals surface area contributed by atoms with Gasteiger partial charge in [0.25, 0.3) is 0 Å². The summed E-state index contributed by atoms with van der Waals surface area (Å²) in [6.07, 6.45) is 2.69. The van der Waals surface area contributed by atoms with E-state index in [0.717, 1.165) is 6.42 Å². The van der Waals surface area contributed by atoms with Crippen LogP contribution in [0.3, 0.4) is 0 Å². The Balaban J connectivity index is 4.41. The van der Waals surface area contributed by atoms with Crippen LogP contribution in [0.15, 0.2) is 11.0 Å². The van der Waals surface area contributed by atoms with Gasteiger partial charge in [-0.2, -0.15) is 0 Å². The average Bonchev–Trinajstić information content (AvgIpc) is 1.64. The number of rotatable bonds is 2. The highest BCUT2D eigenvalue weighted by molar-refractivity contribution is 8.01. The van der Waals surface area contributed by atoms with Crippen molar-refractivity contribution in [2.75, 3.05) is 0 Å². The van der Waals surface area contributed by atoms with Crippen molar-refractivity contribution in [3.8, 4) is 0 Å². The molecule has 0 aliphatic heterocycles. The summed E-state index contributed by atoms with van der Waals surface area (Å²) in [5.74, 6) is 3.33. The van der Waals surface area contributed by atoms with Crippen LogP contribution in [0.25, 0.3) is 0 Å². The highest BCUT2D eigenvalue weighted by atomic mass is 32.2. The fourth-order valence-electron chi connectivity index (χ4n) is 0.429. The predicted octanol–water partition coefficient (Wildman–Crippen LogP) is 0.890. The van der Waals surface area contributed by atoms with Crippen molar-refractivity contribution in [2.24, 2.45) is 5.14 Å². The number of nitrogens with two attached hydrogens (primary N) is 1. The molecular formula is C6H13NOS. The summed E-state index contributed by atoms with van der Waals surface area (Å²) in [4.78, 5) is 0.685. The molecule has 2 nitrogen and oxygen atoms in total. The second-order valence-corrected chi connectivity index (χ2v) is 4.05. The van der Waals surface area contributed by atoms with Crippen LogP contribution in [-0.2, 0) is 9.71 Å². The van der Waals surface area contributed by atoms with E-state index >= 15 is 0 Å². The lowest BCUT2D eigenvalue weighted by Gasteiger charge is -1.99. The lowest BCUT2D eigenvalue weighted by Crippen LogP contribution is -2.11. The standard InChI is InChI=1S/C6H13NOS/c1-4-5-6(2)9(3,7)8/h5H,3-4H2,1-2H3,(H2,7,8)/b6-5+. The van der Waals surface area contributed by atoms with Gasteiger partial charge in [0, 0.05) is 14.6 Å². The van der Waals surface area contributed by atoms with E-state index in [0.29, 0.717) is 4.91 Å². The van der Waals surface area contributed by atoms with Gasteiger partial charge in [-0.1, -0.05) is 13.0 Å². The van der Waals surface area contributed by atoms with Crippen molar-refractivity contribution < 1.29 is 4.21 Å². The first-order valence-electron chi connectivity index (χ1n) is 2.80. The Bertz CT molecular complexity index is 201. The van der Waals surface area contributed by atoms with Crippen molar-refractivity contribution in [1.82, 2.24) is 0 Å². The molecule has 1 unspecified atom stereocenters. The molecule has 0 saturated heterocycles. The fourth-order valence-corrected chi connectivity index (χ4v) is 0.877. The highest BCUT2D eigenvalue weighted by Gasteiger charge is 1.94. The fraction of sp³-hybridized carbons (Fsp3) is 0.500. The summed E-state index contributed by atoms with van der Waals surface area (Å²) >= 11 is 0. The molecule has 9 heavy (non-hydrogen) atoms. The van der Waals surface area contributed by atoms with Gasteiger partial charge in [0.1, 0.15) is 0 Å². The lowest BCUT2D eigenvalue weighted by atomic mass is 10.4. The molecule has 0 saturated carbocycles. The van der Waals surface area contributed by atoms with Gasteiger partial charge in [0.05, 0.1) is 0 Å². The Kier molecular flexibility index (Phi) is 2.94. The molecule has 0 amide bonds. The molecule has 0 spiro atoms. The third kappa shape index (κ3) is 3.32. The zero-order valence-corrected chi connectivity index (χ0v) is 6.70. The van der Waals surface area contributed by atoms with E-state index in [4.69, 9.17) is 5.14 Å². The molecule has 0 rings (SSSR count). The molecule has 0 aliphatic carbocycles. The minimum Gasteiger partial charge on any atom is -0.256 e. The van der Waals surface area contributed by atoms with Gasteiger partial charge in [-0.05, 0) is 19.2 Å². The first-order chi connectivity index (χ1) is 3.98. The van der Waals surface area contributed by atoms with E-state index in [1.54, 1.807) is 6.92 Å². The summed E-state index contributed by atoms with van der Waals surface area (Å²) in [5, 5.41) is 5.21. The van der Waals surface area contributed by atoms with Crippen molar-refractivity contribution in [1.29, 1.82) is 0 Å². The summed E-state index contributed by atoms with van der Waals surface area (Å²) in [6, 6.07) is 0. The van der Waals surface area contributed by atoms with Crippen LogP contribution >= 0.6 is 0 Å². The van der Waals surface area contributed by atoms with E-state index in [-0.39, 0.29) is 0 Å². The molecule has 3 heteroatoms. The van der Waals surface area contributed by atoms with Gasteiger partial charge in [-0.15, -0.1) is 0 Å². The van der Waals surface area contributed by atoms with Crippen LogP contribution in [-0.4, -0.2) is 10.1 Å². The van der Waals surface area contributed by atoms with Gasteiger partial charge in [-0.25, -0.2) is 4.21 Å².